The molecular weight excluding hydrogens is 599 g/mol. The summed E-state index contributed by atoms with van der Waals surface area (Å²) in [7, 11) is 0. The number of ether oxygens (including phenoxy) is 2. The predicted molar refractivity (Wildman–Crippen MR) is 179 cm³/mol. The van der Waals surface area contributed by atoms with Gasteiger partial charge in [0.1, 0.15) is 18.2 Å². The van der Waals surface area contributed by atoms with Gasteiger partial charge in [-0.2, -0.15) is 0 Å². The van der Waals surface area contributed by atoms with Gasteiger partial charge in [-0.05, 0) is 53.8 Å². The van der Waals surface area contributed by atoms with Crippen LogP contribution in [-0.4, -0.2) is 17.1 Å². The van der Waals surface area contributed by atoms with E-state index in [0.29, 0.717) is 37.8 Å². The number of carbonyl (C=O) groups excluding carboxylic acids is 1. The highest BCUT2D eigenvalue weighted by molar-refractivity contribution is 7.07. The molecule has 1 aromatic heterocycles. The molecule has 0 saturated carbocycles. The van der Waals surface area contributed by atoms with E-state index in [1.165, 1.54) is 17.4 Å². The first-order valence-corrected chi connectivity index (χ1v) is 16.0. The number of hydrogen-bond donors (Lipinski definition) is 0. The van der Waals surface area contributed by atoms with Gasteiger partial charge < -0.3 is 9.47 Å². The summed E-state index contributed by atoms with van der Waals surface area (Å²) >= 11 is 1.27. The van der Waals surface area contributed by atoms with E-state index in [1.54, 1.807) is 47.9 Å². The second kappa shape index (κ2) is 13.5. The summed E-state index contributed by atoms with van der Waals surface area (Å²) in [5.74, 6) is 0.0825. The number of esters is 1. The molecular formula is C38H33FN2O4S. The van der Waals surface area contributed by atoms with E-state index < -0.39 is 12.0 Å². The molecule has 4 aromatic carbocycles. The summed E-state index contributed by atoms with van der Waals surface area (Å²) < 4.78 is 27.4. The van der Waals surface area contributed by atoms with Gasteiger partial charge in [0.2, 0.25) is 0 Å². The Bertz CT molecular complexity index is 2080. The molecule has 0 amide bonds. The summed E-state index contributed by atoms with van der Waals surface area (Å²) in [6.07, 6.45) is 1.81. The van der Waals surface area contributed by atoms with Gasteiger partial charge in [0.15, 0.2) is 4.80 Å². The molecule has 0 saturated heterocycles. The zero-order valence-electron chi connectivity index (χ0n) is 25.8. The fraction of sp³-hybridized carbons (Fsp3) is 0.184. The first-order valence-electron chi connectivity index (χ1n) is 15.2. The van der Waals surface area contributed by atoms with Gasteiger partial charge in [-0.3, -0.25) is 9.36 Å². The molecule has 232 valence electrons. The molecule has 1 atom stereocenters. The number of nitrogens with zero attached hydrogens (tertiary/aromatic N) is 2. The van der Waals surface area contributed by atoms with Gasteiger partial charge in [-0.1, -0.05) is 110 Å². The fourth-order valence-corrected chi connectivity index (χ4v) is 6.41. The lowest BCUT2D eigenvalue weighted by molar-refractivity contribution is -0.138. The number of aromatic nitrogens is 1. The van der Waals surface area contributed by atoms with Crippen LogP contribution in [0.1, 0.15) is 60.5 Å². The Morgan fingerprint density at radius 3 is 2.33 bits per heavy atom. The smallest absolute Gasteiger partial charge is 0.338 e. The van der Waals surface area contributed by atoms with Crippen molar-refractivity contribution in [1.29, 1.82) is 0 Å². The van der Waals surface area contributed by atoms with Gasteiger partial charge in [0.05, 0.1) is 28.5 Å². The molecule has 1 aliphatic rings. The Balaban J connectivity index is 1.44. The maximum atomic E-state index is 14.2. The van der Waals surface area contributed by atoms with E-state index in [4.69, 9.17) is 14.5 Å². The van der Waals surface area contributed by atoms with Crippen LogP contribution in [0.25, 0.3) is 11.8 Å². The number of carbonyl (C=O) groups is 1. The number of hydrogen-bond acceptors (Lipinski definition) is 6. The normalized spacial score (nSPS) is 14.6. The van der Waals surface area contributed by atoms with Crippen molar-refractivity contribution in [3.05, 3.63) is 162 Å². The van der Waals surface area contributed by atoms with Crippen LogP contribution in [0.5, 0.6) is 5.75 Å². The monoisotopic (exact) mass is 632 g/mol. The van der Waals surface area contributed by atoms with Crippen molar-refractivity contribution < 1.29 is 18.7 Å². The first kappa shape index (κ1) is 30.9. The van der Waals surface area contributed by atoms with Crippen molar-refractivity contribution in [2.45, 2.75) is 39.3 Å². The van der Waals surface area contributed by atoms with Crippen LogP contribution in [0, 0.1) is 5.82 Å². The van der Waals surface area contributed by atoms with Crippen molar-refractivity contribution in [1.82, 2.24) is 4.57 Å². The highest BCUT2D eigenvalue weighted by Crippen LogP contribution is 2.35. The summed E-state index contributed by atoms with van der Waals surface area (Å²) in [4.78, 5) is 33.2. The molecule has 0 aliphatic carbocycles. The quantitative estimate of drug-likeness (QED) is 0.168. The Morgan fingerprint density at radius 2 is 1.65 bits per heavy atom. The van der Waals surface area contributed by atoms with Crippen LogP contribution in [0.4, 0.5) is 4.39 Å². The second-order valence-electron chi connectivity index (χ2n) is 11.2. The minimum atomic E-state index is -0.733. The lowest BCUT2D eigenvalue weighted by Gasteiger charge is -2.26. The van der Waals surface area contributed by atoms with Gasteiger partial charge >= 0.3 is 5.97 Å². The first-order chi connectivity index (χ1) is 22.3. The van der Waals surface area contributed by atoms with Crippen LogP contribution in [0.15, 0.2) is 118 Å². The molecule has 0 N–H and O–H groups in total. The molecule has 0 radical (unpaired) electrons. The van der Waals surface area contributed by atoms with E-state index in [1.807, 2.05) is 66.7 Å². The molecule has 0 spiro atoms. The molecule has 6 rings (SSSR count). The van der Waals surface area contributed by atoms with Crippen molar-refractivity contribution in [3.8, 4) is 5.75 Å². The van der Waals surface area contributed by atoms with Crippen molar-refractivity contribution in [2.24, 2.45) is 4.99 Å². The Morgan fingerprint density at radius 1 is 0.957 bits per heavy atom. The number of fused-ring (bicyclic) bond motifs is 1. The minimum Gasteiger partial charge on any atom is -0.489 e. The Hall–Kier alpha value is -5.08. The zero-order valence-corrected chi connectivity index (χ0v) is 26.6. The molecule has 8 heteroatoms. The van der Waals surface area contributed by atoms with E-state index in [0.717, 1.165) is 22.3 Å². The van der Waals surface area contributed by atoms with Gasteiger partial charge in [0.25, 0.3) is 5.56 Å². The molecule has 1 aliphatic heterocycles. The SMILES string of the molecule is CCOC(=O)C1=C(c2ccccc2)N=c2s/c(=C\c3ccc(OCc4ccccc4F)cc3)c(=O)n2[C@H]1c1ccc(C(C)C)cc1. The third-order valence-electron chi connectivity index (χ3n) is 7.82. The van der Waals surface area contributed by atoms with Crippen LogP contribution < -0.4 is 19.6 Å². The lowest BCUT2D eigenvalue weighted by atomic mass is 9.91. The van der Waals surface area contributed by atoms with Crippen molar-refractivity contribution in [2.75, 3.05) is 6.61 Å². The van der Waals surface area contributed by atoms with Crippen LogP contribution >= 0.6 is 11.3 Å². The Kier molecular flexibility index (Phi) is 9.08. The van der Waals surface area contributed by atoms with Gasteiger partial charge in [-0.15, -0.1) is 0 Å². The maximum absolute atomic E-state index is 14.2. The van der Waals surface area contributed by atoms with Crippen molar-refractivity contribution >= 4 is 29.1 Å². The van der Waals surface area contributed by atoms with E-state index in [2.05, 4.69) is 13.8 Å². The van der Waals surface area contributed by atoms with E-state index in [9.17, 15) is 14.0 Å². The summed E-state index contributed by atoms with van der Waals surface area (Å²) in [6.45, 7) is 6.30. The molecule has 0 fully saturated rings. The molecule has 6 nitrogen and oxygen atoms in total. The number of benzene rings is 4. The number of rotatable bonds is 9. The highest BCUT2D eigenvalue weighted by atomic mass is 32.1. The average Bonchev–Trinajstić information content (AvgIpc) is 3.38. The minimum absolute atomic E-state index is 0.106. The van der Waals surface area contributed by atoms with E-state index >= 15 is 0 Å². The third-order valence-corrected chi connectivity index (χ3v) is 8.81. The van der Waals surface area contributed by atoms with Gasteiger partial charge in [0, 0.05) is 11.1 Å². The topological polar surface area (TPSA) is 69.9 Å². The molecule has 2 heterocycles. The molecule has 0 unspecified atom stereocenters. The second-order valence-corrected chi connectivity index (χ2v) is 12.2. The third kappa shape index (κ3) is 6.34. The Labute approximate surface area is 270 Å². The number of thiazole rings is 1. The average molecular weight is 633 g/mol. The predicted octanol–water partition coefficient (Wildman–Crippen LogP) is 6.78. The summed E-state index contributed by atoms with van der Waals surface area (Å²) in [5, 5.41) is 0. The molecule has 5 aromatic rings. The fourth-order valence-electron chi connectivity index (χ4n) is 5.41. The van der Waals surface area contributed by atoms with Gasteiger partial charge in [-0.25, -0.2) is 14.2 Å². The van der Waals surface area contributed by atoms with Crippen LogP contribution in [0.2, 0.25) is 0 Å². The summed E-state index contributed by atoms with van der Waals surface area (Å²) in [6, 6.07) is 30.6. The van der Waals surface area contributed by atoms with E-state index in [-0.39, 0.29) is 24.6 Å². The lowest BCUT2D eigenvalue weighted by Crippen LogP contribution is -2.40. The van der Waals surface area contributed by atoms with Crippen LogP contribution in [-0.2, 0) is 16.1 Å². The largest absolute Gasteiger partial charge is 0.489 e. The molecule has 46 heavy (non-hydrogen) atoms. The number of halogens is 1. The standard InChI is InChI=1S/C38H33FN2O4S/c1-4-44-37(43)33-34(27-10-6-5-7-11-27)40-38-41(35(33)28-18-16-26(17-19-28)24(2)3)36(42)32(46-38)22-25-14-20-30(21-15-25)45-23-29-12-8-9-13-31(29)39/h5-22,24,35H,4,23H2,1-3H3/b32-22-/t35-/m0/s1. The maximum Gasteiger partial charge on any atom is 0.338 e. The van der Waals surface area contributed by atoms with Crippen LogP contribution in [0.3, 0.4) is 0 Å². The van der Waals surface area contributed by atoms with Crippen molar-refractivity contribution in [3.63, 3.8) is 0 Å². The zero-order chi connectivity index (χ0) is 32.2. The molecule has 0 bridgehead atoms. The highest BCUT2D eigenvalue weighted by Gasteiger charge is 2.35. The summed E-state index contributed by atoms with van der Waals surface area (Å²) in [5.41, 5.74) is 4.52.